The van der Waals surface area contributed by atoms with Gasteiger partial charge in [0.2, 0.25) is 10.0 Å². The topological polar surface area (TPSA) is 74.7 Å². The van der Waals surface area contributed by atoms with Crippen LogP contribution in [0, 0.1) is 0 Å². The molecule has 1 aromatic carbocycles. The van der Waals surface area contributed by atoms with Crippen molar-refractivity contribution >= 4 is 21.7 Å². The van der Waals surface area contributed by atoms with Gasteiger partial charge in [-0.25, -0.2) is 13.2 Å². The molecule has 0 aromatic heterocycles. The molecule has 0 fully saturated rings. The summed E-state index contributed by atoms with van der Waals surface area (Å²) < 4.78 is 24.8. The van der Waals surface area contributed by atoms with Crippen LogP contribution in [0.1, 0.15) is 24.2 Å². The average molecular weight is 257 g/mol. The van der Waals surface area contributed by atoms with Crippen LogP contribution in [-0.2, 0) is 10.0 Å². The first-order valence-corrected chi connectivity index (χ1v) is 6.87. The van der Waals surface area contributed by atoms with E-state index in [2.05, 4.69) is 0 Å². The molecule has 0 aliphatic rings. The van der Waals surface area contributed by atoms with Gasteiger partial charge >= 0.3 is 5.97 Å². The summed E-state index contributed by atoms with van der Waals surface area (Å²) >= 11 is 0. The molecule has 0 saturated carbocycles. The maximum Gasteiger partial charge on any atom is 0.335 e. The molecule has 0 saturated heterocycles. The van der Waals surface area contributed by atoms with Crippen LogP contribution in [0.3, 0.4) is 0 Å². The molecule has 0 aliphatic heterocycles. The van der Waals surface area contributed by atoms with Gasteiger partial charge in [-0.05, 0) is 32.0 Å². The van der Waals surface area contributed by atoms with E-state index in [4.69, 9.17) is 5.11 Å². The van der Waals surface area contributed by atoms with Gasteiger partial charge in [0, 0.05) is 6.54 Å². The van der Waals surface area contributed by atoms with Gasteiger partial charge in [0.15, 0.2) is 0 Å². The van der Waals surface area contributed by atoms with Crippen molar-refractivity contribution in [2.24, 2.45) is 0 Å². The molecule has 94 valence electrons. The highest BCUT2D eigenvalue weighted by Gasteiger charge is 2.19. The SMILES string of the molecule is CCN(c1cccc(C(=O)O)c1)S(=O)(=O)CC. The van der Waals surface area contributed by atoms with E-state index in [0.717, 1.165) is 0 Å². The molecule has 1 N–H and O–H groups in total. The third-order valence-corrected chi connectivity index (χ3v) is 4.24. The number of carbonyl (C=O) groups is 1. The van der Waals surface area contributed by atoms with Gasteiger partial charge in [0.1, 0.15) is 0 Å². The Labute approximate surface area is 101 Å². The first kappa shape index (κ1) is 13.5. The predicted octanol–water partition coefficient (Wildman–Crippen LogP) is 1.56. The molecule has 17 heavy (non-hydrogen) atoms. The quantitative estimate of drug-likeness (QED) is 0.868. The highest BCUT2D eigenvalue weighted by atomic mass is 32.2. The standard InChI is InChI=1S/C11H15NO4S/c1-3-12(17(15,16)4-2)10-7-5-6-9(8-10)11(13)14/h5-8H,3-4H2,1-2H3,(H,13,14). The molecule has 0 unspecified atom stereocenters. The lowest BCUT2D eigenvalue weighted by atomic mass is 10.2. The Morgan fingerprint density at radius 1 is 1.35 bits per heavy atom. The van der Waals surface area contributed by atoms with E-state index < -0.39 is 16.0 Å². The van der Waals surface area contributed by atoms with Gasteiger partial charge in [0.05, 0.1) is 17.0 Å². The zero-order chi connectivity index (χ0) is 13.1. The van der Waals surface area contributed by atoms with Crippen molar-refractivity contribution in [3.63, 3.8) is 0 Å². The number of hydrogen-bond donors (Lipinski definition) is 1. The number of hydrogen-bond acceptors (Lipinski definition) is 3. The molecule has 0 spiro atoms. The van der Waals surface area contributed by atoms with Gasteiger partial charge in [-0.15, -0.1) is 0 Å². The molecule has 0 atom stereocenters. The Morgan fingerprint density at radius 3 is 2.47 bits per heavy atom. The Morgan fingerprint density at radius 2 is 2.00 bits per heavy atom. The van der Waals surface area contributed by atoms with Gasteiger partial charge in [-0.3, -0.25) is 4.31 Å². The maximum atomic E-state index is 11.8. The largest absolute Gasteiger partial charge is 0.478 e. The monoisotopic (exact) mass is 257 g/mol. The van der Waals surface area contributed by atoms with Crippen molar-refractivity contribution in [2.75, 3.05) is 16.6 Å². The normalized spacial score (nSPS) is 11.2. The summed E-state index contributed by atoms with van der Waals surface area (Å²) in [6.07, 6.45) is 0. The first-order chi connectivity index (χ1) is 7.92. The van der Waals surface area contributed by atoms with E-state index in [-0.39, 0.29) is 17.9 Å². The summed E-state index contributed by atoms with van der Waals surface area (Å²) in [5.41, 5.74) is 0.460. The van der Waals surface area contributed by atoms with Crippen LogP contribution in [0.2, 0.25) is 0 Å². The molecular formula is C11H15NO4S. The lowest BCUT2D eigenvalue weighted by molar-refractivity contribution is 0.0697. The van der Waals surface area contributed by atoms with Crippen molar-refractivity contribution in [3.8, 4) is 0 Å². The maximum absolute atomic E-state index is 11.8. The van der Waals surface area contributed by atoms with Crippen LogP contribution in [-0.4, -0.2) is 31.8 Å². The summed E-state index contributed by atoms with van der Waals surface area (Å²) in [7, 11) is -3.37. The number of carboxylic acids is 1. The predicted molar refractivity (Wildman–Crippen MR) is 65.9 cm³/mol. The Bertz CT molecular complexity index is 510. The van der Waals surface area contributed by atoms with E-state index in [0.29, 0.717) is 5.69 Å². The second-order valence-electron chi connectivity index (χ2n) is 3.42. The fourth-order valence-electron chi connectivity index (χ4n) is 1.49. The van der Waals surface area contributed by atoms with Crippen molar-refractivity contribution in [1.29, 1.82) is 0 Å². The number of anilines is 1. The molecule has 5 nitrogen and oxygen atoms in total. The third-order valence-electron chi connectivity index (χ3n) is 2.37. The highest BCUT2D eigenvalue weighted by Crippen LogP contribution is 2.19. The van der Waals surface area contributed by atoms with Crippen LogP contribution in [0.4, 0.5) is 5.69 Å². The summed E-state index contributed by atoms with van der Waals surface area (Å²) in [5.74, 6) is -1.09. The lowest BCUT2D eigenvalue weighted by Crippen LogP contribution is -2.32. The molecular weight excluding hydrogens is 242 g/mol. The van der Waals surface area contributed by atoms with E-state index in [1.54, 1.807) is 19.9 Å². The van der Waals surface area contributed by atoms with E-state index in [1.165, 1.54) is 22.5 Å². The number of nitrogens with zero attached hydrogens (tertiary/aromatic N) is 1. The fourth-order valence-corrected chi connectivity index (χ4v) is 2.63. The second-order valence-corrected chi connectivity index (χ2v) is 5.60. The van der Waals surface area contributed by atoms with Gasteiger partial charge in [0.25, 0.3) is 0 Å². The molecule has 0 aliphatic carbocycles. The van der Waals surface area contributed by atoms with E-state index in [9.17, 15) is 13.2 Å². The van der Waals surface area contributed by atoms with Crippen LogP contribution in [0.15, 0.2) is 24.3 Å². The summed E-state index contributed by atoms with van der Waals surface area (Å²) in [5, 5.41) is 8.86. The number of benzene rings is 1. The number of carboxylic acid groups (broad SMARTS) is 1. The number of rotatable bonds is 5. The van der Waals surface area contributed by atoms with Crippen molar-refractivity contribution in [1.82, 2.24) is 0 Å². The molecule has 0 amide bonds. The molecule has 0 radical (unpaired) electrons. The first-order valence-electron chi connectivity index (χ1n) is 5.26. The summed E-state index contributed by atoms with van der Waals surface area (Å²) in [4.78, 5) is 10.8. The van der Waals surface area contributed by atoms with Crippen LogP contribution in [0.25, 0.3) is 0 Å². The fraction of sp³-hybridized carbons (Fsp3) is 0.364. The summed E-state index contributed by atoms with van der Waals surface area (Å²) in [6, 6.07) is 5.91. The minimum absolute atomic E-state index is 0.0157. The van der Waals surface area contributed by atoms with E-state index >= 15 is 0 Å². The van der Waals surface area contributed by atoms with Crippen LogP contribution >= 0.6 is 0 Å². The Balaban J connectivity index is 3.22. The van der Waals surface area contributed by atoms with Crippen molar-refractivity contribution in [2.45, 2.75) is 13.8 Å². The van der Waals surface area contributed by atoms with Crippen LogP contribution in [0.5, 0.6) is 0 Å². The summed E-state index contributed by atoms with van der Waals surface area (Å²) in [6.45, 7) is 3.54. The molecule has 1 aromatic rings. The van der Waals surface area contributed by atoms with Gasteiger partial charge < -0.3 is 5.11 Å². The van der Waals surface area contributed by atoms with Crippen molar-refractivity contribution < 1.29 is 18.3 Å². The zero-order valence-electron chi connectivity index (χ0n) is 9.75. The highest BCUT2D eigenvalue weighted by molar-refractivity contribution is 7.92. The minimum Gasteiger partial charge on any atom is -0.478 e. The lowest BCUT2D eigenvalue weighted by Gasteiger charge is -2.22. The minimum atomic E-state index is -3.37. The molecule has 0 bridgehead atoms. The van der Waals surface area contributed by atoms with E-state index in [1.807, 2.05) is 0 Å². The second kappa shape index (κ2) is 5.18. The third kappa shape index (κ3) is 2.97. The molecule has 1 rings (SSSR count). The zero-order valence-corrected chi connectivity index (χ0v) is 10.6. The molecule has 6 heteroatoms. The Hall–Kier alpha value is -1.56. The smallest absolute Gasteiger partial charge is 0.335 e. The average Bonchev–Trinajstić information content (AvgIpc) is 2.30. The van der Waals surface area contributed by atoms with Gasteiger partial charge in [-0.1, -0.05) is 6.07 Å². The molecule has 0 heterocycles. The van der Waals surface area contributed by atoms with Crippen molar-refractivity contribution in [3.05, 3.63) is 29.8 Å². The van der Waals surface area contributed by atoms with Gasteiger partial charge in [-0.2, -0.15) is 0 Å². The van der Waals surface area contributed by atoms with Crippen LogP contribution < -0.4 is 4.31 Å². The number of sulfonamides is 1. The number of aromatic carboxylic acids is 1. The Kier molecular flexibility index (Phi) is 4.11.